The zero-order valence-corrected chi connectivity index (χ0v) is 11.0. The highest BCUT2D eigenvalue weighted by Gasteiger charge is 2.36. The first kappa shape index (κ1) is 12.4. The molecule has 0 aliphatic carbocycles. The number of nitrogens with zero attached hydrogens (tertiary/aromatic N) is 1. The quantitative estimate of drug-likeness (QED) is 0.850. The topological polar surface area (TPSA) is 57.6 Å². The van der Waals surface area contributed by atoms with E-state index in [1.807, 2.05) is 6.08 Å². The van der Waals surface area contributed by atoms with Gasteiger partial charge in [0.25, 0.3) is 11.8 Å². The molecule has 2 aliphatic rings. The lowest BCUT2D eigenvalue weighted by Gasteiger charge is -2.16. The van der Waals surface area contributed by atoms with E-state index in [0.717, 1.165) is 10.7 Å². The molecule has 2 heterocycles. The zero-order valence-electron chi connectivity index (χ0n) is 10.2. The Balaban J connectivity index is 1.80. The van der Waals surface area contributed by atoms with Gasteiger partial charge in [-0.2, -0.15) is 0 Å². The lowest BCUT2D eigenvalue weighted by Crippen LogP contribution is -2.34. The molecule has 1 aromatic rings. The Morgan fingerprint density at radius 3 is 2.37 bits per heavy atom. The zero-order chi connectivity index (χ0) is 13.4. The van der Waals surface area contributed by atoms with Gasteiger partial charge in [-0.3, -0.25) is 14.5 Å². The molecular formula is C14H13NO3S. The van der Waals surface area contributed by atoms with E-state index in [4.69, 9.17) is 5.11 Å². The number of hydrogen-bond acceptors (Lipinski definition) is 4. The number of aliphatic hydroxyl groups excluding tert-OH is 1. The molecule has 1 atom stereocenters. The van der Waals surface area contributed by atoms with Crippen LogP contribution in [0.4, 0.5) is 0 Å². The van der Waals surface area contributed by atoms with E-state index in [1.54, 1.807) is 36.0 Å². The molecule has 5 heteroatoms. The van der Waals surface area contributed by atoms with Crippen LogP contribution >= 0.6 is 11.8 Å². The van der Waals surface area contributed by atoms with E-state index in [1.165, 1.54) is 4.90 Å². The summed E-state index contributed by atoms with van der Waals surface area (Å²) < 4.78 is 0. The Labute approximate surface area is 115 Å². The van der Waals surface area contributed by atoms with Gasteiger partial charge in [-0.15, -0.1) is 11.8 Å². The molecule has 0 spiro atoms. The smallest absolute Gasteiger partial charge is 0.261 e. The van der Waals surface area contributed by atoms with Gasteiger partial charge in [0.05, 0.1) is 17.7 Å². The molecule has 0 saturated heterocycles. The molecule has 0 fully saturated rings. The second-order valence-corrected chi connectivity index (χ2v) is 5.78. The van der Waals surface area contributed by atoms with E-state index >= 15 is 0 Å². The first-order valence-electron chi connectivity index (χ1n) is 6.10. The number of carbonyl (C=O) groups is 2. The van der Waals surface area contributed by atoms with E-state index < -0.39 is 0 Å². The summed E-state index contributed by atoms with van der Waals surface area (Å²) in [6.45, 7) is 0.423. The Kier molecular flexibility index (Phi) is 3.16. The van der Waals surface area contributed by atoms with Crippen molar-refractivity contribution in [2.24, 2.45) is 5.92 Å². The van der Waals surface area contributed by atoms with Gasteiger partial charge >= 0.3 is 0 Å². The van der Waals surface area contributed by atoms with Crippen LogP contribution in [0.5, 0.6) is 0 Å². The highest BCUT2D eigenvalue weighted by Crippen LogP contribution is 2.31. The maximum absolute atomic E-state index is 12.2. The Morgan fingerprint density at radius 2 is 1.84 bits per heavy atom. The van der Waals surface area contributed by atoms with Crippen molar-refractivity contribution in [2.75, 3.05) is 18.9 Å². The minimum absolute atomic E-state index is 0.0310. The second kappa shape index (κ2) is 4.83. The molecule has 4 nitrogen and oxygen atoms in total. The second-order valence-electron chi connectivity index (χ2n) is 4.63. The molecule has 1 aromatic carbocycles. The standard InChI is InChI=1S/C14H13NO3S/c16-7-10-5-9(8-19-10)6-15-13(17)11-3-1-2-4-12(11)14(15)18/h1-5,9,16H,6-8H2. The van der Waals surface area contributed by atoms with Crippen molar-refractivity contribution in [3.05, 3.63) is 46.4 Å². The number of amides is 2. The van der Waals surface area contributed by atoms with Crippen LogP contribution in [0.1, 0.15) is 20.7 Å². The van der Waals surface area contributed by atoms with Crippen LogP contribution in [0.3, 0.4) is 0 Å². The molecular weight excluding hydrogens is 262 g/mol. The summed E-state index contributed by atoms with van der Waals surface area (Å²) in [4.78, 5) is 26.6. The van der Waals surface area contributed by atoms with Crippen LogP contribution in [-0.4, -0.2) is 40.7 Å². The fraction of sp³-hybridized carbons (Fsp3) is 0.286. The first-order valence-corrected chi connectivity index (χ1v) is 7.09. The molecule has 98 valence electrons. The van der Waals surface area contributed by atoms with Gasteiger partial charge in [-0.05, 0) is 12.1 Å². The van der Waals surface area contributed by atoms with Gasteiger partial charge in [0.1, 0.15) is 0 Å². The number of carbonyl (C=O) groups excluding carboxylic acids is 2. The molecule has 19 heavy (non-hydrogen) atoms. The van der Waals surface area contributed by atoms with Gasteiger partial charge in [-0.25, -0.2) is 0 Å². The first-order chi connectivity index (χ1) is 9.20. The summed E-state index contributed by atoms with van der Waals surface area (Å²) >= 11 is 1.58. The average Bonchev–Trinajstić information content (AvgIpc) is 2.99. The van der Waals surface area contributed by atoms with Crippen LogP contribution in [0.15, 0.2) is 35.2 Å². The largest absolute Gasteiger partial charge is 0.391 e. The lowest BCUT2D eigenvalue weighted by molar-refractivity contribution is 0.0642. The number of rotatable bonds is 3. The molecule has 0 bridgehead atoms. The third-order valence-corrected chi connectivity index (χ3v) is 4.59. The van der Waals surface area contributed by atoms with Crippen molar-refractivity contribution < 1.29 is 14.7 Å². The Bertz CT molecular complexity index is 547. The Morgan fingerprint density at radius 1 is 1.21 bits per heavy atom. The van der Waals surface area contributed by atoms with Crippen LogP contribution in [0, 0.1) is 5.92 Å². The summed E-state index contributed by atoms with van der Waals surface area (Å²) in [5.41, 5.74) is 0.981. The van der Waals surface area contributed by atoms with Crippen LogP contribution in [0.25, 0.3) is 0 Å². The van der Waals surface area contributed by atoms with Gasteiger partial charge in [0.15, 0.2) is 0 Å². The highest BCUT2D eigenvalue weighted by molar-refractivity contribution is 8.03. The van der Waals surface area contributed by atoms with E-state index in [-0.39, 0.29) is 24.3 Å². The van der Waals surface area contributed by atoms with Crippen LogP contribution in [-0.2, 0) is 0 Å². The molecule has 0 saturated carbocycles. The number of fused-ring (bicyclic) bond motifs is 1. The summed E-state index contributed by atoms with van der Waals surface area (Å²) in [6, 6.07) is 6.91. The SMILES string of the molecule is O=C1c2ccccc2C(=O)N1CC1C=C(CO)SC1. The van der Waals surface area contributed by atoms with Crippen LogP contribution in [0.2, 0.25) is 0 Å². The van der Waals surface area contributed by atoms with Crippen molar-refractivity contribution >= 4 is 23.6 Å². The van der Waals surface area contributed by atoms with Crippen LogP contribution < -0.4 is 0 Å². The third kappa shape index (κ3) is 2.09. The van der Waals surface area contributed by atoms with Gasteiger partial charge in [-0.1, -0.05) is 18.2 Å². The molecule has 3 rings (SSSR count). The molecule has 0 radical (unpaired) electrons. The van der Waals surface area contributed by atoms with Crippen molar-refractivity contribution in [2.45, 2.75) is 0 Å². The van der Waals surface area contributed by atoms with Crippen molar-refractivity contribution in [1.29, 1.82) is 0 Å². The average molecular weight is 275 g/mol. The fourth-order valence-electron chi connectivity index (χ4n) is 2.42. The number of benzene rings is 1. The molecule has 1 N–H and O–H groups in total. The number of thioether (sulfide) groups is 1. The monoisotopic (exact) mass is 275 g/mol. The van der Waals surface area contributed by atoms with E-state index in [2.05, 4.69) is 0 Å². The van der Waals surface area contributed by atoms with Gasteiger partial charge in [0, 0.05) is 23.1 Å². The number of imide groups is 1. The predicted molar refractivity (Wildman–Crippen MR) is 72.9 cm³/mol. The minimum Gasteiger partial charge on any atom is -0.391 e. The molecule has 1 unspecified atom stereocenters. The van der Waals surface area contributed by atoms with Crippen molar-refractivity contribution in [3.8, 4) is 0 Å². The van der Waals surface area contributed by atoms with Gasteiger partial charge in [0.2, 0.25) is 0 Å². The highest BCUT2D eigenvalue weighted by atomic mass is 32.2. The van der Waals surface area contributed by atoms with Gasteiger partial charge < -0.3 is 5.11 Å². The van der Waals surface area contributed by atoms with Crippen molar-refractivity contribution in [3.63, 3.8) is 0 Å². The number of aliphatic hydroxyl groups is 1. The minimum atomic E-state index is -0.212. The predicted octanol–water partition coefficient (Wildman–Crippen LogP) is 1.52. The molecule has 2 amide bonds. The Hall–Kier alpha value is -1.59. The maximum atomic E-state index is 12.2. The summed E-state index contributed by atoms with van der Waals surface area (Å²) in [7, 11) is 0. The van der Waals surface area contributed by atoms with Crippen molar-refractivity contribution in [1.82, 2.24) is 4.90 Å². The number of hydrogen-bond donors (Lipinski definition) is 1. The summed E-state index contributed by atoms with van der Waals surface area (Å²) in [5.74, 6) is 0.519. The fourth-order valence-corrected chi connectivity index (χ4v) is 3.43. The maximum Gasteiger partial charge on any atom is 0.261 e. The summed E-state index contributed by atoms with van der Waals surface area (Å²) in [5, 5.41) is 9.05. The third-order valence-electron chi connectivity index (χ3n) is 3.36. The lowest BCUT2D eigenvalue weighted by atomic mass is 10.1. The molecule has 0 aromatic heterocycles. The van der Waals surface area contributed by atoms with E-state index in [9.17, 15) is 9.59 Å². The van der Waals surface area contributed by atoms with E-state index in [0.29, 0.717) is 17.7 Å². The normalized spacial score (nSPS) is 21.8. The summed E-state index contributed by atoms with van der Waals surface area (Å²) in [6.07, 6.45) is 1.95. The molecule has 2 aliphatic heterocycles.